The first kappa shape index (κ1) is 13.2. The standard InChI is InChI=1S/C17H17NO/c1-13(2)15-9-6-14(7-10-15)8-11-17(19)16-5-3-4-12-18-16/h3-13H,1-2H3/b11-8+. The topological polar surface area (TPSA) is 30.0 Å². The second-order valence-electron chi connectivity index (χ2n) is 4.73. The average molecular weight is 251 g/mol. The minimum Gasteiger partial charge on any atom is -0.288 e. The van der Waals surface area contributed by atoms with Gasteiger partial charge in [-0.05, 0) is 35.3 Å². The molecule has 0 aliphatic rings. The Bertz CT molecular complexity index is 568. The van der Waals surface area contributed by atoms with Gasteiger partial charge in [0.1, 0.15) is 5.69 Å². The highest BCUT2D eigenvalue weighted by atomic mass is 16.1. The molecule has 0 amide bonds. The molecule has 0 saturated carbocycles. The number of hydrogen-bond donors (Lipinski definition) is 0. The van der Waals surface area contributed by atoms with Crippen LogP contribution in [0.5, 0.6) is 0 Å². The molecule has 2 nitrogen and oxygen atoms in total. The molecule has 0 radical (unpaired) electrons. The van der Waals surface area contributed by atoms with Crippen molar-refractivity contribution in [1.82, 2.24) is 4.98 Å². The molecule has 0 bridgehead atoms. The van der Waals surface area contributed by atoms with Gasteiger partial charge in [-0.15, -0.1) is 0 Å². The van der Waals surface area contributed by atoms with Crippen molar-refractivity contribution < 1.29 is 4.79 Å². The van der Waals surface area contributed by atoms with Crippen molar-refractivity contribution in [2.24, 2.45) is 0 Å². The molecule has 19 heavy (non-hydrogen) atoms. The number of carbonyl (C=O) groups excluding carboxylic acids is 1. The van der Waals surface area contributed by atoms with Gasteiger partial charge in [-0.3, -0.25) is 9.78 Å². The molecule has 96 valence electrons. The van der Waals surface area contributed by atoms with Crippen LogP contribution in [0.25, 0.3) is 6.08 Å². The zero-order chi connectivity index (χ0) is 13.7. The van der Waals surface area contributed by atoms with E-state index < -0.39 is 0 Å². The Balaban J connectivity index is 2.08. The van der Waals surface area contributed by atoms with E-state index in [9.17, 15) is 4.79 Å². The van der Waals surface area contributed by atoms with Gasteiger partial charge >= 0.3 is 0 Å². The number of rotatable bonds is 4. The fraction of sp³-hybridized carbons (Fsp3) is 0.176. The Morgan fingerprint density at radius 3 is 2.42 bits per heavy atom. The van der Waals surface area contributed by atoms with Gasteiger partial charge in [0.2, 0.25) is 5.78 Å². The summed E-state index contributed by atoms with van der Waals surface area (Å²) in [6.07, 6.45) is 5.01. The maximum Gasteiger partial charge on any atom is 0.204 e. The summed E-state index contributed by atoms with van der Waals surface area (Å²) in [7, 11) is 0. The summed E-state index contributed by atoms with van der Waals surface area (Å²) in [6, 6.07) is 13.6. The number of pyridine rings is 1. The Morgan fingerprint density at radius 1 is 1.11 bits per heavy atom. The maximum absolute atomic E-state index is 11.8. The molecule has 1 aromatic heterocycles. The zero-order valence-electron chi connectivity index (χ0n) is 11.2. The number of ketones is 1. The fourth-order valence-electron chi connectivity index (χ4n) is 1.76. The summed E-state index contributed by atoms with van der Waals surface area (Å²) >= 11 is 0. The van der Waals surface area contributed by atoms with E-state index in [2.05, 4.69) is 31.0 Å². The molecular weight excluding hydrogens is 234 g/mol. The highest BCUT2D eigenvalue weighted by molar-refractivity contribution is 6.05. The summed E-state index contributed by atoms with van der Waals surface area (Å²) < 4.78 is 0. The normalized spacial score (nSPS) is 11.1. The minimum atomic E-state index is -0.0754. The van der Waals surface area contributed by atoms with Crippen LogP contribution >= 0.6 is 0 Å². The lowest BCUT2D eigenvalue weighted by Gasteiger charge is -2.04. The van der Waals surface area contributed by atoms with Crippen molar-refractivity contribution >= 4 is 11.9 Å². The van der Waals surface area contributed by atoms with Crippen molar-refractivity contribution in [3.05, 3.63) is 71.6 Å². The minimum absolute atomic E-state index is 0.0754. The Labute approximate surface area is 113 Å². The van der Waals surface area contributed by atoms with E-state index >= 15 is 0 Å². The number of hydrogen-bond acceptors (Lipinski definition) is 2. The highest BCUT2D eigenvalue weighted by Gasteiger charge is 2.01. The van der Waals surface area contributed by atoms with Gasteiger partial charge in [0.25, 0.3) is 0 Å². The molecule has 0 N–H and O–H groups in total. The van der Waals surface area contributed by atoms with Crippen molar-refractivity contribution in [2.75, 3.05) is 0 Å². The number of benzene rings is 1. The van der Waals surface area contributed by atoms with Crippen molar-refractivity contribution in [2.45, 2.75) is 19.8 Å². The molecule has 2 aromatic rings. The van der Waals surface area contributed by atoms with E-state index in [0.29, 0.717) is 11.6 Å². The Hall–Kier alpha value is -2.22. The maximum atomic E-state index is 11.8. The van der Waals surface area contributed by atoms with E-state index in [1.165, 1.54) is 5.56 Å². The second-order valence-corrected chi connectivity index (χ2v) is 4.73. The van der Waals surface area contributed by atoms with Crippen LogP contribution in [0.15, 0.2) is 54.7 Å². The molecule has 1 aromatic carbocycles. The first-order valence-electron chi connectivity index (χ1n) is 6.40. The van der Waals surface area contributed by atoms with Crippen LogP contribution < -0.4 is 0 Å². The number of carbonyl (C=O) groups is 1. The molecular formula is C17H17NO. The van der Waals surface area contributed by atoms with Gasteiger partial charge < -0.3 is 0 Å². The van der Waals surface area contributed by atoms with Crippen LogP contribution in [0.2, 0.25) is 0 Å². The third kappa shape index (κ3) is 3.62. The van der Waals surface area contributed by atoms with Crippen LogP contribution in [0, 0.1) is 0 Å². The van der Waals surface area contributed by atoms with Crippen LogP contribution in [-0.2, 0) is 0 Å². The Morgan fingerprint density at radius 2 is 1.84 bits per heavy atom. The summed E-state index contributed by atoms with van der Waals surface area (Å²) in [5.41, 5.74) is 2.79. The van der Waals surface area contributed by atoms with Gasteiger partial charge in [0.15, 0.2) is 0 Å². The van der Waals surface area contributed by atoms with E-state index in [4.69, 9.17) is 0 Å². The molecule has 0 aliphatic heterocycles. The lowest BCUT2D eigenvalue weighted by Crippen LogP contribution is -1.96. The van der Waals surface area contributed by atoms with E-state index in [1.54, 1.807) is 24.4 Å². The van der Waals surface area contributed by atoms with E-state index in [-0.39, 0.29) is 5.78 Å². The third-order valence-electron chi connectivity index (χ3n) is 2.95. The molecule has 1 heterocycles. The van der Waals surface area contributed by atoms with Crippen LogP contribution in [0.4, 0.5) is 0 Å². The summed E-state index contributed by atoms with van der Waals surface area (Å²) in [6.45, 7) is 4.32. The predicted molar refractivity (Wildman–Crippen MR) is 78.1 cm³/mol. The van der Waals surface area contributed by atoms with Crippen LogP contribution in [-0.4, -0.2) is 10.8 Å². The largest absolute Gasteiger partial charge is 0.288 e. The first-order chi connectivity index (χ1) is 9.16. The monoisotopic (exact) mass is 251 g/mol. The average Bonchev–Trinajstić information content (AvgIpc) is 2.46. The van der Waals surface area contributed by atoms with Crippen molar-refractivity contribution in [3.63, 3.8) is 0 Å². The van der Waals surface area contributed by atoms with Gasteiger partial charge in [0, 0.05) is 6.20 Å². The summed E-state index contributed by atoms with van der Waals surface area (Å²) in [5, 5.41) is 0. The molecule has 2 heteroatoms. The van der Waals surface area contributed by atoms with Gasteiger partial charge in [-0.2, -0.15) is 0 Å². The quantitative estimate of drug-likeness (QED) is 0.605. The van der Waals surface area contributed by atoms with Crippen molar-refractivity contribution in [1.29, 1.82) is 0 Å². The molecule has 0 fully saturated rings. The zero-order valence-corrected chi connectivity index (χ0v) is 11.2. The number of aromatic nitrogens is 1. The van der Waals surface area contributed by atoms with Crippen LogP contribution in [0.1, 0.15) is 41.4 Å². The highest BCUT2D eigenvalue weighted by Crippen LogP contribution is 2.15. The second kappa shape index (κ2) is 6.10. The number of allylic oxidation sites excluding steroid dienone is 1. The van der Waals surface area contributed by atoms with E-state index in [0.717, 1.165) is 5.56 Å². The summed E-state index contributed by atoms with van der Waals surface area (Å²) in [5.74, 6) is 0.446. The summed E-state index contributed by atoms with van der Waals surface area (Å²) in [4.78, 5) is 15.9. The molecule has 0 spiro atoms. The van der Waals surface area contributed by atoms with Crippen LogP contribution in [0.3, 0.4) is 0 Å². The van der Waals surface area contributed by atoms with Gasteiger partial charge in [-0.1, -0.05) is 50.3 Å². The SMILES string of the molecule is CC(C)c1ccc(/C=C/C(=O)c2ccccn2)cc1. The molecule has 2 rings (SSSR count). The number of nitrogens with zero attached hydrogens (tertiary/aromatic N) is 1. The van der Waals surface area contributed by atoms with E-state index in [1.807, 2.05) is 24.3 Å². The molecule has 0 aliphatic carbocycles. The lowest BCUT2D eigenvalue weighted by molar-refractivity contribution is 0.104. The van der Waals surface area contributed by atoms with Gasteiger partial charge in [-0.25, -0.2) is 0 Å². The smallest absolute Gasteiger partial charge is 0.204 e. The first-order valence-corrected chi connectivity index (χ1v) is 6.40. The lowest BCUT2D eigenvalue weighted by atomic mass is 10.0. The Kier molecular flexibility index (Phi) is 4.24. The molecule has 0 saturated heterocycles. The van der Waals surface area contributed by atoms with Crippen molar-refractivity contribution in [3.8, 4) is 0 Å². The molecule has 0 unspecified atom stereocenters. The molecule has 0 atom stereocenters. The fourth-order valence-corrected chi connectivity index (χ4v) is 1.76. The van der Waals surface area contributed by atoms with Gasteiger partial charge in [0.05, 0.1) is 0 Å². The third-order valence-corrected chi connectivity index (χ3v) is 2.95. The predicted octanol–water partition coefficient (Wildman–Crippen LogP) is 4.10.